The van der Waals surface area contributed by atoms with Crippen molar-refractivity contribution >= 4 is 5.91 Å². The molecular formula is C27H23NO. The summed E-state index contributed by atoms with van der Waals surface area (Å²) in [5.74, 6) is -0.0817. The van der Waals surface area contributed by atoms with E-state index in [1.165, 1.54) is 0 Å². The summed E-state index contributed by atoms with van der Waals surface area (Å²) >= 11 is 0. The number of nitrogens with one attached hydrogen (secondary N) is 1. The molecule has 4 rings (SSSR count). The van der Waals surface area contributed by atoms with Crippen LogP contribution in [-0.4, -0.2) is 5.91 Å². The Bertz CT molecular complexity index is 1090. The lowest BCUT2D eigenvalue weighted by atomic mass is 9.94. The highest BCUT2D eigenvalue weighted by Gasteiger charge is 2.19. The van der Waals surface area contributed by atoms with Gasteiger partial charge in [-0.1, -0.05) is 97.1 Å². The quantitative estimate of drug-likeness (QED) is 0.442. The number of benzene rings is 4. The molecule has 0 bridgehead atoms. The second-order valence-electron chi connectivity index (χ2n) is 7.12. The van der Waals surface area contributed by atoms with Gasteiger partial charge in [-0.25, -0.2) is 0 Å². The molecule has 0 aliphatic heterocycles. The zero-order valence-corrected chi connectivity index (χ0v) is 16.4. The largest absolute Gasteiger partial charge is 0.341 e. The summed E-state index contributed by atoms with van der Waals surface area (Å²) in [5.41, 5.74) is 6.21. The van der Waals surface area contributed by atoms with Gasteiger partial charge in [-0.2, -0.15) is 0 Å². The van der Waals surface area contributed by atoms with Crippen molar-refractivity contribution in [3.8, 4) is 11.1 Å². The number of carbonyl (C=O) groups is 1. The monoisotopic (exact) mass is 377 g/mol. The Hall–Kier alpha value is -3.65. The topological polar surface area (TPSA) is 29.1 Å². The van der Waals surface area contributed by atoms with E-state index < -0.39 is 0 Å². The van der Waals surface area contributed by atoms with Crippen molar-refractivity contribution in [1.82, 2.24) is 5.32 Å². The van der Waals surface area contributed by atoms with E-state index in [4.69, 9.17) is 0 Å². The molecule has 0 aliphatic rings. The van der Waals surface area contributed by atoms with E-state index in [1.807, 2.05) is 72.8 Å². The first-order valence-electron chi connectivity index (χ1n) is 9.79. The van der Waals surface area contributed by atoms with E-state index >= 15 is 0 Å². The smallest absolute Gasteiger partial charge is 0.252 e. The Balaban J connectivity index is 1.61. The third-order valence-corrected chi connectivity index (χ3v) is 5.16. The van der Waals surface area contributed by atoms with Crippen molar-refractivity contribution in [1.29, 1.82) is 0 Å². The van der Waals surface area contributed by atoms with E-state index in [0.717, 1.165) is 27.8 Å². The van der Waals surface area contributed by atoms with Gasteiger partial charge in [0.15, 0.2) is 0 Å². The summed E-state index contributed by atoms with van der Waals surface area (Å²) in [4.78, 5) is 13.0. The molecule has 4 aromatic carbocycles. The summed E-state index contributed by atoms with van der Waals surface area (Å²) in [6.07, 6.45) is 0. The molecule has 0 aromatic heterocycles. The van der Waals surface area contributed by atoms with Crippen LogP contribution < -0.4 is 5.32 Å². The van der Waals surface area contributed by atoms with Crippen LogP contribution >= 0.6 is 0 Å². The molecule has 1 unspecified atom stereocenters. The van der Waals surface area contributed by atoms with Crippen LogP contribution in [0.1, 0.15) is 33.1 Å². The first-order valence-corrected chi connectivity index (χ1v) is 9.79. The molecule has 0 heterocycles. The number of rotatable bonds is 5. The second kappa shape index (κ2) is 8.57. The molecule has 0 spiro atoms. The van der Waals surface area contributed by atoms with Crippen LogP contribution in [0.25, 0.3) is 11.1 Å². The maximum absolute atomic E-state index is 13.0. The molecule has 4 aromatic rings. The third-order valence-electron chi connectivity index (χ3n) is 5.16. The molecule has 0 aliphatic carbocycles. The van der Waals surface area contributed by atoms with Gasteiger partial charge in [-0.05, 0) is 46.9 Å². The number of amides is 1. The summed E-state index contributed by atoms with van der Waals surface area (Å²) in [6, 6.07) is 36.0. The minimum Gasteiger partial charge on any atom is -0.341 e. The van der Waals surface area contributed by atoms with Crippen LogP contribution in [0.2, 0.25) is 0 Å². The summed E-state index contributed by atoms with van der Waals surface area (Å²) in [7, 11) is 0. The van der Waals surface area contributed by atoms with E-state index in [2.05, 4.69) is 48.6 Å². The zero-order chi connectivity index (χ0) is 20.1. The third kappa shape index (κ3) is 4.27. The van der Waals surface area contributed by atoms with Gasteiger partial charge < -0.3 is 5.32 Å². The van der Waals surface area contributed by atoms with Crippen LogP contribution in [0, 0.1) is 6.92 Å². The van der Waals surface area contributed by atoms with Crippen LogP contribution in [0.3, 0.4) is 0 Å². The van der Waals surface area contributed by atoms with Crippen LogP contribution in [-0.2, 0) is 0 Å². The molecule has 0 radical (unpaired) electrons. The molecule has 1 N–H and O–H groups in total. The molecule has 0 saturated heterocycles. The van der Waals surface area contributed by atoms with Crippen molar-refractivity contribution in [2.75, 3.05) is 0 Å². The van der Waals surface area contributed by atoms with E-state index in [-0.39, 0.29) is 11.9 Å². The van der Waals surface area contributed by atoms with Crippen molar-refractivity contribution in [3.63, 3.8) is 0 Å². The summed E-state index contributed by atoms with van der Waals surface area (Å²) < 4.78 is 0. The molecule has 0 saturated carbocycles. The normalized spacial score (nSPS) is 11.6. The molecule has 0 fully saturated rings. The van der Waals surface area contributed by atoms with Gasteiger partial charge in [0.1, 0.15) is 0 Å². The van der Waals surface area contributed by atoms with Crippen molar-refractivity contribution in [2.24, 2.45) is 0 Å². The number of carbonyl (C=O) groups excluding carboxylic acids is 1. The van der Waals surface area contributed by atoms with E-state index in [1.54, 1.807) is 0 Å². The van der Waals surface area contributed by atoms with Gasteiger partial charge in [-0.15, -0.1) is 0 Å². The molecule has 29 heavy (non-hydrogen) atoms. The highest BCUT2D eigenvalue weighted by Crippen LogP contribution is 2.26. The van der Waals surface area contributed by atoms with E-state index in [0.29, 0.717) is 5.56 Å². The fourth-order valence-electron chi connectivity index (χ4n) is 3.56. The minimum absolute atomic E-state index is 0.0817. The number of hydrogen-bond donors (Lipinski definition) is 1. The Morgan fingerprint density at radius 3 is 1.86 bits per heavy atom. The van der Waals surface area contributed by atoms with Crippen LogP contribution in [0.4, 0.5) is 0 Å². The van der Waals surface area contributed by atoms with Gasteiger partial charge in [0.25, 0.3) is 5.91 Å². The van der Waals surface area contributed by atoms with Gasteiger partial charge >= 0.3 is 0 Å². The molecule has 142 valence electrons. The molecular weight excluding hydrogens is 354 g/mol. The first kappa shape index (κ1) is 18.7. The number of aryl methyl sites for hydroxylation is 1. The van der Waals surface area contributed by atoms with Crippen LogP contribution in [0.5, 0.6) is 0 Å². The fourth-order valence-corrected chi connectivity index (χ4v) is 3.56. The van der Waals surface area contributed by atoms with E-state index in [9.17, 15) is 4.79 Å². The Kier molecular flexibility index (Phi) is 5.53. The average Bonchev–Trinajstić information content (AvgIpc) is 2.79. The predicted molar refractivity (Wildman–Crippen MR) is 119 cm³/mol. The lowest BCUT2D eigenvalue weighted by Crippen LogP contribution is -2.29. The second-order valence-corrected chi connectivity index (χ2v) is 7.12. The molecule has 2 heteroatoms. The highest BCUT2D eigenvalue weighted by molar-refractivity contribution is 5.95. The average molecular weight is 377 g/mol. The Morgan fingerprint density at radius 1 is 0.655 bits per heavy atom. The van der Waals surface area contributed by atoms with Crippen molar-refractivity contribution < 1.29 is 4.79 Å². The molecule has 1 atom stereocenters. The highest BCUT2D eigenvalue weighted by atomic mass is 16.1. The van der Waals surface area contributed by atoms with Crippen molar-refractivity contribution in [2.45, 2.75) is 13.0 Å². The SMILES string of the molecule is Cc1ccccc1C(NC(=O)c1ccc(-c2ccccc2)cc1)c1ccccc1. The number of hydrogen-bond acceptors (Lipinski definition) is 1. The molecule has 1 amide bonds. The summed E-state index contributed by atoms with van der Waals surface area (Å²) in [6.45, 7) is 2.08. The lowest BCUT2D eigenvalue weighted by molar-refractivity contribution is 0.0943. The Labute approximate surface area is 171 Å². The fraction of sp³-hybridized carbons (Fsp3) is 0.0741. The summed E-state index contributed by atoms with van der Waals surface area (Å²) in [5, 5.41) is 3.23. The van der Waals surface area contributed by atoms with Gasteiger partial charge in [0.2, 0.25) is 0 Å². The van der Waals surface area contributed by atoms with Crippen LogP contribution in [0.15, 0.2) is 109 Å². The Morgan fingerprint density at radius 2 is 1.21 bits per heavy atom. The van der Waals surface area contributed by atoms with Crippen molar-refractivity contribution in [3.05, 3.63) is 131 Å². The van der Waals surface area contributed by atoms with Gasteiger partial charge in [0, 0.05) is 5.56 Å². The van der Waals surface area contributed by atoms with Gasteiger partial charge in [-0.3, -0.25) is 4.79 Å². The molecule has 2 nitrogen and oxygen atoms in total. The minimum atomic E-state index is -0.196. The lowest BCUT2D eigenvalue weighted by Gasteiger charge is -2.22. The standard InChI is InChI=1S/C27H23NO/c1-20-10-8-9-15-25(20)26(23-13-6-3-7-14-23)28-27(29)24-18-16-22(17-19-24)21-11-4-2-5-12-21/h2-19,26H,1H3,(H,28,29). The maximum Gasteiger partial charge on any atom is 0.252 e. The van der Waals surface area contributed by atoms with Gasteiger partial charge in [0.05, 0.1) is 6.04 Å². The predicted octanol–water partition coefficient (Wildman–Crippen LogP) is 6.18. The maximum atomic E-state index is 13.0. The first-order chi connectivity index (χ1) is 14.2. The zero-order valence-electron chi connectivity index (χ0n) is 16.4.